The second-order valence-electron chi connectivity index (χ2n) is 7.71. The Balaban J connectivity index is 1.34. The highest BCUT2D eigenvalue weighted by Crippen LogP contribution is 2.31. The monoisotopic (exact) mass is 509 g/mol. The third kappa shape index (κ3) is 5.43. The number of rotatable bonds is 6. The zero-order valence-corrected chi connectivity index (χ0v) is 19.6. The maximum atomic E-state index is 13.1. The molecule has 1 N–H and O–H groups in total. The summed E-state index contributed by atoms with van der Waals surface area (Å²) in [4.78, 5) is 14.8. The van der Waals surface area contributed by atoms with Gasteiger partial charge >= 0.3 is 6.18 Å². The summed E-state index contributed by atoms with van der Waals surface area (Å²) in [5.41, 5.74) is 0.432. The first-order valence-corrected chi connectivity index (χ1v) is 12.7. The van der Waals surface area contributed by atoms with Gasteiger partial charge in [-0.3, -0.25) is 4.79 Å². The molecule has 1 aliphatic rings. The van der Waals surface area contributed by atoms with Gasteiger partial charge in [-0.25, -0.2) is 8.42 Å². The van der Waals surface area contributed by atoms with Gasteiger partial charge in [-0.15, -0.1) is 11.3 Å². The van der Waals surface area contributed by atoms with Gasteiger partial charge in [-0.1, -0.05) is 18.2 Å². The van der Waals surface area contributed by atoms with Gasteiger partial charge in [0.2, 0.25) is 0 Å². The van der Waals surface area contributed by atoms with Crippen molar-refractivity contribution in [3.63, 3.8) is 0 Å². The molecular formula is C23H22F3N3O3S2. The molecule has 3 aromatic rings. The molecule has 1 fully saturated rings. The Hall–Kier alpha value is -2.89. The third-order valence-corrected chi connectivity index (χ3v) is 8.94. The second-order valence-corrected chi connectivity index (χ2v) is 11.0. The van der Waals surface area contributed by atoms with E-state index in [1.54, 1.807) is 30.3 Å². The van der Waals surface area contributed by atoms with E-state index in [0.717, 1.165) is 23.5 Å². The Morgan fingerprint density at radius 2 is 1.56 bits per heavy atom. The van der Waals surface area contributed by atoms with Crippen molar-refractivity contribution in [2.75, 3.05) is 31.1 Å². The summed E-state index contributed by atoms with van der Waals surface area (Å²) in [6.07, 6.45) is -4.39. The van der Waals surface area contributed by atoms with Crippen molar-refractivity contribution in [1.82, 2.24) is 9.62 Å². The molecule has 6 nitrogen and oxygen atoms in total. The lowest BCUT2D eigenvalue weighted by molar-refractivity contribution is -0.137. The molecule has 1 saturated heterocycles. The summed E-state index contributed by atoms with van der Waals surface area (Å²) in [6, 6.07) is 16.8. The number of alkyl halides is 3. The van der Waals surface area contributed by atoms with Crippen LogP contribution in [0, 0.1) is 0 Å². The van der Waals surface area contributed by atoms with E-state index >= 15 is 0 Å². The number of amides is 1. The zero-order chi connectivity index (χ0) is 24.3. The molecule has 0 saturated carbocycles. The van der Waals surface area contributed by atoms with Crippen LogP contribution in [0.5, 0.6) is 0 Å². The molecule has 180 valence electrons. The molecule has 4 rings (SSSR count). The number of carbonyl (C=O) groups excluding carboxylic acids is 1. The fourth-order valence-corrected chi connectivity index (χ4v) is 6.50. The van der Waals surface area contributed by atoms with Gasteiger partial charge in [-0.2, -0.15) is 17.5 Å². The van der Waals surface area contributed by atoms with Crippen LogP contribution >= 0.6 is 11.3 Å². The number of hydrogen-bond donors (Lipinski definition) is 1. The Bertz CT molecular complexity index is 1240. The molecule has 2 heterocycles. The van der Waals surface area contributed by atoms with E-state index < -0.39 is 21.8 Å². The summed E-state index contributed by atoms with van der Waals surface area (Å²) in [6.45, 7) is 1.41. The summed E-state index contributed by atoms with van der Waals surface area (Å²) in [5, 5.41) is 2.78. The van der Waals surface area contributed by atoms with E-state index in [0.29, 0.717) is 29.2 Å². The lowest BCUT2D eigenvalue weighted by Gasteiger charge is -2.35. The minimum atomic E-state index is -4.39. The number of hydrogen-bond acceptors (Lipinski definition) is 5. The number of anilines is 1. The molecular weight excluding hydrogens is 487 g/mol. The minimum Gasteiger partial charge on any atom is -0.369 e. The first-order chi connectivity index (χ1) is 16.1. The lowest BCUT2D eigenvalue weighted by atomic mass is 10.2. The van der Waals surface area contributed by atoms with Gasteiger partial charge in [0.25, 0.3) is 15.9 Å². The van der Waals surface area contributed by atoms with Gasteiger partial charge < -0.3 is 10.2 Å². The number of nitrogens with one attached hydrogen (secondary N) is 1. The van der Waals surface area contributed by atoms with E-state index in [-0.39, 0.29) is 29.8 Å². The number of halogens is 3. The van der Waals surface area contributed by atoms with Crippen LogP contribution in [0.15, 0.2) is 70.9 Å². The van der Waals surface area contributed by atoms with Crippen molar-refractivity contribution in [2.45, 2.75) is 16.9 Å². The number of sulfonamides is 1. The van der Waals surface area contributed by atoms with Gasteiger partial charge in [0.15, 0.2) is 0 Å². The standard InChI is InChI=1S/C23H22F3N3O3S2/c24-23(25,26)18-6-8-19(9-7-18)28-12-14-29(15-13-28)34(31,32)21-11-10-20(33-21)16-27-22(30)17-4-2-1-3-5-17/h1-11H,12-16H2,(H,27,30). The molecule has 0 atom stereocenters. The fraction of sp³-hybridized carbons (Fsp3) is 0.261. The molecule has 1 aromatic heterocycles. The summed E-state index contributed by atoms with van der Waals surface area (Å²) >= 11 is 1.11. The van der Waals surface area contributed by atoms with E-state index in [2.05, 4.69) is 5.32 Å². The highest BCUT2D eigenvalue weighted by atomic mass is 32.2. The minimum absolute atomic E-state index is 0.194. The summed E-state index contributed by atoms with van der Waals surface area (Å²) in [7, 11) is -3.70. The molecule has 1 aliphatic heterocycles. The van der Waals surface area contributed by atoms with Crippen LogP contribution in [0.3, 0.4) is 0 Å². The molecule has 34 heavy (non-hydrogen) atoms. The molecule has 0 radical (unpaired) electrons. The van der Waals surface area contributed by atoms with Crippen LogP contribution in [0.25, 0.3) is 0 Å². The third-order valence-electron chi connectivity index (χ3n) is 5.49. The Morgan fingerprint density at radius 1 is 0.912 bits per heavy atom. The molecule has 2 aromatic carbocycles. The van der Waals surface area contributed by atoms with Crippen LogP contribution in [-0.4, -0.2) is 44.8 Å². The average molecular weight is 510 g/mol. The average Bonchev–Trinajstić information content (AvgIpc) is 3.33. The number of piperazine rings is 1. The maximum absolute atomic E-state index is 13.1. The number of nitrogens with zero attached hydrogens (tertiary/aromatic N) is 2. The molecule has 0 aliphatic carbocycles. The lowest BCUT2D eigenvalue weighted by Crippen LogP contribution is -2.48. The molecule has 0 bridgehead atoms. The largest absolute Gasteiger partial charge is 0.416 e. The summed E-state index contributed by atoms with van der Waals surface area (Å²) < 4.78 is 66.0. The van der Waals surface area contributed by atoms with E-state index in [4.69, 9.17) is 0 Å². The number of thiophene rings is 1. The highest BCUT2D eigenvalue weighted by Gasteiger charge is 2.32. The van der Waals surface area contributed by atoms with Gasteiger partial charge in [-0.05, 0) is 48.5 Å². The Kier molecular flexibility index (Phi) is 6.96. The number of carbonyl (C=O) groups is 1. The topological polar surface area (TPSA) is 69.7 Å². The van der Waals surface area contributed by atoms with E-state index in [1.165, 1.54) is 22.5 Å². The first kappa shape index (κ1) is 24.2. The van der Waals surface area contributed by atoms with Crippen molar-refractivity contribution < 1.29 is 26.4 Å². The second kappa shape index (κ2) is 9.77. The predicted molar refractivity (Wildman–Crippen MR) is 124 cm³/mol. The van der Waals surface area contributed by atoms with Crippen LogP contribution in [0.1, 0.15) is 20.8 Å². The van der Waals surface area contributed by atoms with Crippen LogP contribution in [0.4, 0.5) is 18.9 Å². The van der Waals surface area contributed by atoms with Gasteiger partial charge in [0.1, 0.15) is 4.21 Å². The zero-order valence-electron chi connectivity index (χ0n) is 18.0. The molecule has 11 heteroatoms. The normalized spacial score (nSPS) is 15.3. The maximum Gasteiger partial charge on any atom is 0.416 e. The van der Waals surface area contributed by atoms with Crippen LogP contribution in [-0.2, 0) is 22.7 Å². The Morgan fingerprint density at radius 3 is 2.18 bits per heavy atom. The van der Waals surface area contributed by atoms with Crippen LogP contribution < -0.4 is 10.2 Å². The van der Waals surface area contributed by atoms with E-state index in [9.17, 15) is 26.4 Å². The predicted octanol–water partition coefficient (Wildman–Crippen LogP) is 4.21. The molecule has 1 amide bonds. The van der Waals surface area contributed by atoms with Gasteiger partial charge in [0, 0.05) is 42.3 Å². The fourth-order valence-electron chi connectivity index (χ4n) is 3.63. The number of benzene rings is 2. The smallest absolute Gasteiger partial charge is 0.369 e. The van der Waals surface area contributed by atoms with Crippen molar-refractivity contribution in [2.24, 2.45) is 0 Å². The molecule has 0 spiro atoms. The highest BCUT2D eigenvalue weighted by molar-refractivity contribution is 7.91. The van der Waals surface area contributed by atoms with Gasteiger partial charge in [0.05, 0.1) is 12.1 Å². The van der Waals surface area contributed by atoms with Crippen molar-refractivity contribution in [1.29, 1.82) is 0 Å². The van der Waals surface area contributed by atoms with E-state index in [1.807, 2.05) is 11.0 Å². The quantitative estimate of drug-likeness (QED) is 0.541. The van der Waals surface area contributed by atoms with Crippen molar-refractivity contribution in [3.8, 4) is 0 Å². The first-order valence-electron chi connectivity index (χ1n) is 10.5. The molecule has 0 unspecified atom stereocenters. The Labute approximate surface area is 199 Å². The van der Waals surface area contributed by atoms with Crippen molar-refractivity contribution >= 4 is 33.0 Å². The SMILES string of the molecule is O=C(NCc1ccc(S(=O)(=O)N2CCN(c3ccc(C(F)(F)F)cc3)CC2)s1)c1ccccc1. The van der Waals surface area contributed by atoms with Crippen molar-refractivity contribution in [3.05, 3.63) is 82.7 Å². The summed E-state index contributed by atoms with van der Waals surface area (Å²) in [5.74, 6) is -0.238. The van der Waals surface area contributed by atoms with Crippen LogP contribution in [0.2, 0.25) is 0 Å².